The minimum Gasteiger partial charge on any atom is -0.394 e. The standard InChI is InChI=1S/C8H17NOS/c1-7(11)9-5-3-4-8(9,2)6-10/h7,10-11H,3-6H2,1-2H3/t7-,8-/m0/s1. The summed E-state index contributed by atoms with van der Waals surface area (Å²) in [6.45, 7) is 5.48. The van der Waals surface area contributed by atoms with Gasteiger partial charge >= 0.3 is 0 Å². The molecule has 0 bridgehead atoms. The summed E-state index contributed by atoms with van der Waals surface area (Å²) >= 11 is 4.38. The van der Waals surface area contributed by atoms with Crippen LogP contribution in [0.1, 0.15) is 26.7 Å². The predicted octanol–water partition coefficient (Wildman–Crippen LogP) is 1.11. The topological polar surface area (TPSA) is 23.5 Å². The van der Waals surface area contributed by atoms with Crippen molar-refractivity contribution in [3.05, 3.63) is 0 Å². The Labute approximate surface area is 74.0 Å². The molecule has 1 N–H and O–H groups in total. The van der Waals surface area contributed by atoms with Crippen molar-refractivity contribution >= 4 is 12.6 Å². The Balaban J connectivity index is 2.64. The Hall–Kier alpha value is 0.270. The SMILES string of the molecule is C[C@H](S)N1CCC[C@@]1(C)CO. The fraction of sp³-hybridized carbons (Fsp3) is 1.00. The highest BCUT2D eigenvalue weighted by Crippen LogP contribution is 2.30. The third-order valence-corrected chi connectivity index (χ3v) is 2.88. The van der Waals surface area contributed by atoms with Gasteiger partial charge in [0.1, 0.15) is 0 Å². The molecule has 0 unspecified atom stereocenters. The lowest BCUT2D eigenvalue weighted by Crippen LogP contribution is -2.47. The van der Waals surface area contributed by atoms with Crippen LogP contribution in [0.2, 0.25) is 0 Å². The third-order valence-electron chi connectivity index (χ3n) is 2.60. The summed E-state index contributed by atoms with van der Waals surface area (Å²) in [5.74, 6) is 0. The van der Waals surface area contributed by atoms with Crippen LogP contribution in [0.15, 0.2) is 0 Å². The highest BCUT2D eigenvalue weighted by molar-refractivity contribution is 7.80. The van der Waals surface area contributed by atoms with Crippen molar-refractivity contribution in [1.29, 1.82) is 0 Å². The molecule has 0 aromatic carbocycles. The van der Waals surface area contributed by atoms with Crippen molar-refractivity contribution in [3.8, 4) is 0 Å². The maximum absolute atomic E-state index is 9.17. The van der Waals surface area contributed by atoms with Crippen LogP contribution in [0.25, 0.3) is 0 Å². The zero-order valence-electron chi connectivity index (χ0n) is 7.25. The van der Waals surface area contributed by atoms with E-state index in [-0.39, 0.29) is 17.5 Å². The number of rotatable bonds is 2. The van der Waals surface area contributed by atoms with E-state index in [0.29, 0.717) is 0 Å². The summed E-state index contributed by atoms with van der Waals surface area (Å²) in [6.07, 6.45) is 2.27. The van der Waals surface area contributed by atoms with Crippen LogP contribution in [0.3, 0.4) is 0 Å². The molecular formula is C8H17NOS. The predicted molar refractivity (Wildman–Crippen MR) is 49.9 cm³/mol. The first-order valence-electron chi connectivity index (χ1n) is 4.16. The highest BCUT2D eigenvalue weighted by Gasteiger charge is 2.37. The van der Waals surface area contributed by atoms with Gasteiger partial charge < -0.3 is 5.11 Å². The lowest BCUT2D eigenvalue weighted by atomic mass is 10.0. The average molecular weight is 175 g/mol. The number of nitrogens with zero attached hydrogens (tertiary/aromatic N) is 1. The summed E-state index contributed by atoms with van der Waals surface area (Å²) in [4.78, 5) is 2.26. The Morgan fingerprint density at radius 3 is 2.73 bits per heavy atom. The van der Waals surface area contributed by atoms with Crippen molar-refractivity contribution in [2.45, 2.75) is 37.6 Å². The van der Waals surface area contributed by atoms with Gasteiger partial charge in [0, 0.05) is 5.54 Å². The molecule has 0 aromatic heterocycles. The fourth-order valence-electron chi connectivity index (χ4n) is 1.85. The summed E-state index contributed by atoms with van der Waals surface area (Å²) in [7, 11) is 0. The van der Waals surface area contributed by atoms with Crippen molar-refractivity contribution in [2.24, 2.45) is 0 Å². The molecule has 2 atom stereocenters. The first-order valence-corrected chi connectivity index (χ1v) is 4.67. The molecular weight excluding hydrogens is 158 g/mol. The van der Waals surface area contributed by atoms with E-state index in [0.717, 1.165) is 13.0 Å². The highest BCUT2D eigenvalue weighted by atomic mass is 32.1. The maximum atomic E-state index is 9.17. The molecule has 2 nitrogen and oxygen atoms in total. The second-order valence-corrected chi connectivity index (χ2v) is 4.33. The normalized spacial score (nSPS) is 36.0. The monoisotopic (exact) mass is 175 g/mol. The van der Waals surface area contributed by atoms with E-state index >= 15 is 0 Å². The minimum atomic E-state index is -0.0127. The van der Waals surface area contributed by atoms with Gasteiger partial charge in [-0.05, 0) is 33.2 Å². The molecule has 0 radical (unpaired) electrons. The lowest BCUT2D eigenvalue weighted by molar-refractivity contribution is 0.0753. The Bertz CT molecular complexity index is 140. The molecule has 1 fully saturated rings. The molecule has 0 spiro atoms. The zero-order chi connectivity index (χ0) is 8.48. The Morgan fingerprint density at radius 1 is 1.73 bits per heavy atom. The zero-order valence-corrected chi connectivity index (χ0v) is 8.14. The Kier molecular flexibility index (Phi) is 2.84. The summed E-state index contributed by atoms with van der Waals surface area (Å²) in [5, 5.41) is 9.43. The third kappa shape index (κ3) is 1.71. The number of likely N-dealkylation sites (tertiary alicyclic amines) is 1. The largest absolute Gasteiger partial charge is 0.394 e. The number of hydrogen-bond acceptors (Lipinski definition) is 3. The number of aliphatic hydroxyl groups is 1. The van der Waals surface area contributed by atoms with E-state index in [2.05, 4.69) is 31.4 Å². The molecule has 1 aliphatic heterocycles. The van der Waals surface area contributed by atoms with Crippen molar-refractivity contribution < 1.29 is 5.11 Å². The molecule has 1 aliphatic rings. The minimum absolute atomic E-state index is 0.0127. The van der Waals surface area contributed by atoms with Gasteiger partial charge in [-0.1, -0.05) is 0 Å². The smallest absolute Gasteiger partial charge is 0.0613 e. The lowest BCUT2D eigenvalue weighted by Gasteiger charge is -2.35. The van der Waals surface area contributed by atoms with E-state index < -0.39 is 0 Å². The van der Waals surface area contributed by atoms with Crippen LogP contribution in [0.5, 0.6) is 0 Å². The average Bonchev–Trinajstić information content (AvgIpc) is 2.32. The number of hydrogen-bond donors (Lipinski definition) is 2. The molecule has 66 valence electrons. The van der Waals surface area contributed by atoms with Crippen molar-refractivity contribution in [3.63, 3.8) is 0 Å². The molecule has 0 aromatic rings. The summed E-state index contributed by atoms with van der Waals surface area (Å²) in [6, 6.07) is 0. The maximum Gasteiger partial charge on any atom is 0.0613 e. The van der Waals surface area contributed by atoms with Crippen LogP contribution in [-0.4, -0.2) is 34.1 Å². The number of thiol groups is 1. The van der Waals surface area contributed by atoms with E-state index in [1.165, 1.54) is 6.42 Å². The van der Waals surface area contributed by atoms with Crippen molar-refractivity contribution in [1.82, 2.24) is 4.90 Å². The van der Waals surface area contributed by atoms with Gasteiger partial charge in [0.05, 0.1) is 12.0 Å². The molecule has 0 aliphatic carbocycles. The molecule has 0 amide bonds. The fourth-order valence-corrected chi connectivity index (χ4v) is 2.25. The van der Waals surface area contributed by atoms with Gasteiger partial charge in [0.2, 0.25) is 0 Å². The van der Waals surface area contributed by atoms with Gasteiger partial charge in [-0.25, -0.2) is 0 Å². The van der Waals surface area contributed by atoms with Gasteiger partial charge in [0.25, 0.3) is 0 Å². The molecule has 11 heavy (non-hydrogen) atoms. The second kappa shape index (κ2) is 3.33. The van der Waals surface area contributed by atoms with E-state index in [1.807, 2.05) is 0 Å². The second-order valence-electron chi connectivity index (χ2n) is 3.58. The molecule has 0 saturated carbocycles. The van der Waals surface area contributed by atoms with Gasteiger partial charge in [-0.2, -0.15) is 12.6 Å². The molecule has 1 saturated heterocycles. The van der Waals surface area contributed by atoms with Crippen LogP contribution in [0.4, 0.5) is 0 Å². The van der Waals surface area contributed by atoms with E-state index in [1.54, 1.807) is 0 Å². The van der Waals surface area contributed by atoms with Crippen molar-refractivity contribution in [2.75, 3.05) is 13.2 Å². The quantitative estimate of drug-likeness (QED) is 0.614. The molecule has 1 heterocycles. The summed E-state index contributed by atoms with van der Waals surface area (Å²) < 4.78 is 0. The first kappa shape index (κ1) is 9.36. The van der Waals surface area contributed by atoms with E-state index in [9.17, 15) is 0 Å². The summed E-state index contributed by atoms with van der Waals surface area (Å²) in [5.41, 5.74) is -0.0127. The van der Waals surface area contributed by atoms with Gasteiger partial charge in [0.15, 0.2) is 0 Å². The first-order chi connectivity index (χ1) is 5.10. The van der Waals surface area contributed by atoms with Gasteiger partial charge in [-0.3, -0.25) is 4.90 Å². The van der Waals surface area contributed by atoms with Crippen LogP contribution in [0, 0.1) is 0 Å². The van der Waals surface area contributed by atoms with Crippen LogP contribution < -0.4 is 0 Å². The molecule has 1 rings (SSSR count). The van der Waals surface area contributed by atoms with E-state index in [4.69, 9.17) is 5.11 Å². The molecule has 3 heteroatoms. The van der Waals surface area contributed by atoms with Gasteiger partial charge in [-0.15, -0.1) is 0 Å². The Morgan fingerprint density at radius 2 is 2.36 bits per heavy atom. The number of aliphatic hydroxyl groups excluding tert-OH is 1. The van der Waals surface area contributed by atoms with Crippen LogP contribution >= 0.6 is 12.6 Å². The van der Waals surface area contributed by atoms with Crippen LogP contribution in [-0.2, 0) is 0 Å².